The van der Waals surface area contributed by atoms with Gasteiger partial charge in [-0.25, -0.2) is 4.98 Å². The maximum atomic E-state index is 13.3. The molecule has 5 heteroatoms. The van der Waals surface area contributed by atoms with E-state index in [1.807, 2.05) is 38.6 Å². The SMILES string of the molecule is CC1=CC=C(N2C=CCc3c(sc4nccc(N(C)C)c34)C2=O)CC=C1. The van der Waals surface area contributed by atoms with Crippen LogP contribution >= 0.6 is 11.3 Å². The number of carbonyl (C=O) groups excluding carboxylic acids is 1. The van der Waals surface area contributed by atoms with Crippen molar-refractivity contribution in [3.05, 3.63) is 70.6 Å². The molecule has 0 unspecified atom stereocenters. The third kappa shape index (κ3) is 2.78. The van der Waals surface area contributed by atoms with Gasteiger partial charge < -0.3 is 4.90 Å². The lowest BCUT2D eigenvalue weighted by Crippen LogP contribution is -2.24. The van der Waals surface area contributed by atoms with Crippen molar-refractivity contribution in [2.75, 3.05) is 19.0 Å². The summed E-state index contributed by atoms with van der Waals surface area (Å²) in [6.45, 7) is 2.06. The molecule has 132 valence electrons. The van der Waals surface area contributed by atoms with E-state index in [1.54, 1.807) is 4.90 Å². The lowest BCUT2D eigenvalue weighted by molar-refractivity contribution is 0.0861. The molecule has 0 N–H and O–H groups in total. The summed E-state index contributed by atoms with van der Waals surface area (Å²) in [5.41, 5.74) is 4.37. The fourth-order valence-corrected chi connectivity index (χ4v) is 4.51. The molecule has 0 radical (unpaired) electrons. The number of rotatable bonds is 2. The molecule has 1 aliphatic heterocycles. The van der Waals surface area contributed by atoms with E-state index in [9.17, 15) is 4.79 Å². The van der Waals surface area contributed by atoms with Crippen molar-refractivity contribution in [1.82, 2.24) is 9.88 Å². The summed E-state index contributed by atoms with van der Waals surface area (Å²) in [5, 5.41) is 1.10. The molecule has 2 aromatic rings. The van der Waals surface area contributed by atoms with Gasteiger partial charge in [-0.2, -0.15) is 0 Å². The van der Waals surface area contributed by atoms with Crippen LogP contribution in [0.1, 0.15) is 28.6 Å². The summed E-state index contributed by atoms with van der Waals surface area (Å²) in [7, 11) is 4.05. The van der Waals surface area contributed by atoms with E-state index in [0.29, 0.717) is 0 Å². The van der Waals surface area contributed by atoms with Crippen LogP contribution in [0.5, 0.6) is 0 Å². The van der Waals surface area contributed by atoms with Crippen LogP contribution in [0.4, 0.5) is 5.69 Å². The number of hydrogen-bond acceptors (Lipinski definition) is 4. The number of allylic oxidation sites excluding steroid dienone is 6. The van der Waals surface area contributed by atoms with Gasteiger partial charge in [-0.3, -0.25) is 9.69 Å². The summed E-state index contributed by atoms with van der Waals surface area (Å²) >= 11 is 1.50. The first-order valence-electron chi connectivity index (χ1n) is 8.68. The van der Waals surface area contributed by atoms with Crippen molar-refractivity contribution in [2.45, 2.75) is 19.8 Å². The normalized spacial score (nSPS) is 16.9. The largest absolute Gasteiger partial charge is 0.377 e. The predicted molar refractivity (Wildman–Crippen MR) is 109 cm³/mol. The van der Waals surface area contributed by atoms with Crippen molar-refractivity contribution in [2.24, 2.45) is 0 Å². The highest BCUT2D eigenvalue weighted by Gasteiger charge is 2.27. The second-order valence-electron chi connectivity index (χ2n) is 6.75. The molecule has 1 aliphatic carbocycles. The highest BCUT2D eigenvalue weighted by Crippen LogP contribution is 2.39. The summed E-state index contributed by atoms with van der Waals surface area (Å²) in [4.78, 5) is 23.4. The molecule has 0 fully saturated rings. The lowest BCUT2D eigenvalue weighted by Gasteiger charge is -2.19. The number of fused-ring (bicyclic) bond motifs is 3. The molecule has 26 heavy (non-hydrogen) atoms. The van der Waals surface area contributed by atoms with Gasteiger partial charge in [0.15, 0.2) is 0 Å². The Morgan fingerprint density at radius 3 is 2.85 bits per heavy atom. The Morgan fingerprint density at radius 2 is 2.04 bits per heavy atom. The molecular formula is C21H21N3OS. The van der Waals surface area contributed by atoms with Gasteiger partial charge in [-0.05, 0) is 31.1 Å². The molecule has 0 bridgehead atoms. The Hall–Kier alpha value is -2.66. The van der Waals surface area contributed by atoms with Crippen molar-refractivity contribution >= 4 is 33.1 Å². The minimum atomic E-state index is 0.0362. The molecular weight excluding hydrogens is 342 g/mol. The number of amides is 1. The molecule has 2 aliphatic rings. The minimum absolute atomic E-state index is 0.0362. The smallest absolute Gasteiger partial charge is 0.272 e. The van der Waals surface area contributed by atoms with Crippen molar-refractivity contribution in [1.29, 1.82) is 0 Å². The van der Waals surface area contributed by atoms with Gasteiger partial charge in [0.2, 0.25) is 0 Å². The van der Waals surface area contributed by atoms with Gasteiger partial charge in [0.1, 0.15) is 4.83 Å². The van der Waals surface area contributed by atoms with Crippen LogP contribution in [0.15, 0.2) is 60.1 Å². The number of pyridine rings is 1. The van der Waals surface area contributed by atoms with Crippen molar-refractivity contribution < 1.29 is 4.79 Å². The zero-order valence-corrected chi connectivity index (χ0v) is 16.0. The number of anilines is 1. The summed E-state index contributed by atoms with van der Waals surface area (Å²) in [5.74, 6) is 0.0362. The first-order chi connectivity index (χ1) is 12.6. The average molecular weight is 363 g/mol. The van der Waals surface area contributed by atoms with Crippen molar-refractivity contribution in [3.63, 3.8) is 0 Å². The molecule has 0 atom stereocenters. The van der Waals surface area contributed by atoms with Gasteiger partial charge in [0, 0.05) is 49.7 Å². The Labute approximate surface area is 157 Å². The van der Waals surface area contributed by atoms with Crippen molar-refractivity contribution in [3.8, 4) is 0 Å². The van der Waals surface area contributed by atoms with Crippen LogP contribution in [-0.4, -0.2) is 29.9 Å². The maximum Gasteiger partial charge on any atom is 0.272 e. The van der Waals surface area contributed by atoms with E-state index in [-0.39, 0.29) is 5.91 Å². The molecule has 1 amide bonds. The van der Waals surface area contributed by atoms with Gasteiger partial charge in [-0.15, -0.1) is 11.3 Å². The second kappa shape index (κ2) is 6.57. The Bertz CT molecular complexity index is 1010. The average Bonchev–Trinajstić information content (AvgIpc) is 2.74. The molecule has 2 aromatic heterocycles. The molecule has 3 heterocycles. The Balaban J connectivity index is 1.83. The molecule has 0 saturated heterocycles. The number of carbonyl (C=O) groups is 1. The first kappa shape index (κ1) is 16.8. The second-order valence-corrected chi connectivity index (χ2v) is 7.75. The van der Waals surface area contributed by atoms with Crippen LogP contribution in [0.3, 0.4) is 0 Å². The van der Waals surface area contributed by atoms with Crippen LogP contribution < -0.4 is 4.90 Å². The number of nitrogens with zero attached hydrogens (tertiary/aromatic N) is 3. The zero-order valence-electron chi connectivity index (χ0n) is 15.2. The van der Waals surface area contributed by atoms with Gasteiger partial charge in [0.25, 0.3) is 5.91 Å². The predicted octanol–water partition coefficient (Wildman–Crippen LogP) is 4.66. The Morgan fingerprint density at radius 1 is 1.19 bits per heavy atom. The monoisotopic (exact) mass is 363 g/mol. The minimum Gasteiger partial charge on any atom is -0.377 e. The summed E-state index contributed by atoms with van der Waals surface area (Å²) in [6, 6.07) is 2.01. The van der Waals surface area contributed by atoms with E-state index >= 15 is 0 Å². The number of aromatic nitrogens is 1. The molecule has 4 nitrogen and oxygen atoms in total. The first-order valence-corrected chi connectivity index (χ1v) is 9.50. The zero-order chi connectivity index (χ0) is 18.3. The molecule has 0 saturated carbocycles. The molecule has 0 spiro atoms. The molecule has 4 rings (SSSR count). The maximum absolute atomic E-state index is 13.3. The van der Waals surface area contributed by atoms with E-state index in [0.717, 1.165) is 44.9 Å². The lowest BCUT2D eigenvalue weighted by atomic mass is 10.1. The van der Waals surface area contributed by atoms with Crippen LogP contribution in [-0.2, 0) is 6.42 Å². The van der Waals surface area contributed by atoms with E-state index in [2.05, 4.69) is 41.1 Å². The van der Waals surface area contributed by atoms with Gasteiger partial charge in [0.05, 0.1) is 4.88 Å². The number of hydrogen-bond donors (Lipinski definition) is 0. The summed E-state index contributed by atoms with van der Waals surface area (Å²) < 4.78 is 0. The summed E-state index contributed by atoms with van der Waals surface area (Å²) in [6.07, 6.45) is 15.6. The highest BCUT2D eigenvalue weighted by molar-refractivity contribution is 7.20. The quantitative estimate of drug-likeness (QED) is 0.778. The fourth-order valence-electron chi connectivity index (χ4n) is 3.38. The third-order valence-electron chi connectivity index (χ3n) is 4.70. The third-order valence-corrected chi connectivity index (χ3v) is 5.82. The fraction of sp³-hybridized carbons (Fsp3) is 0.238. The van der Waals surface area contributed by atoms with E-state index < -0.39 is 0 Å². The van der Waals surface area contributed by atoms with Crippen LogP contribution in [0, 0.1) is 0 Å². The standard InChI is InChI=1S/C21H21N3OS/c1-14-6-4-7-15(10-9-14)24-13-5-8-16-18-17(23(2)3)11-12-22-20(18)26-19(16)21(24)25/h4-6,9-13H,7-8H2,1-3H3. The Kier molecular flexibility index (Phi) is 4.24. The van der Waals surface area contributed by atoms with Crippen LogP contribution in [0.25, 0.3) is 10.2 Å². The number of thiophene rings is 1. The van der Waals surface area contributed by atoms with Gasteiger partial charge >= 0.3 is 0 Å². The van der Waals surface area contributed by atoms with E-state index in [1.165, 1.54) is 16.9 Å². The van der Waals surface area contributed by atoms with Gasteiger partial charge in [-0.1, -0.05) is 29.9 Å². The topological polar surface area (TPSA) is 36.4 Å². The van der Waals surface area contributed by atoms with E-state index in [4.69, 9.17) is 0 Å². The highest BCUT2D eigenvalue weighted by atomic mass is 32.1. The molecule has 0 aromatic carbocycles. The van der Waals surface area contributed by atoms with Crippen LogP contribution in [0.2, 0.25) is 0 Å².